The topological polar surface area (TPSA) is 107 Å². The summed E-state index contributed by atoms with van der Waals surface area (Å²) < 4.78 is 24.1. The second kappa shape index (κ2) is 6.29. The molecule has 0 saturated heterocycles. The number of nitrogens with zero attached hydrogens (tertiary/aromatic N) is 2. The van der Waals surface area contributed by atoms with E-state index in [1.165, 1.54) is 12.1 Å². The number of nitrogens with one attached hydrogen (secondary N) is 1. The molecule has 1 aromatic carbocycles. The first-order chi connectivity index (χ1) is 10.3. The molecule has 0 aliphatic carbocycles. The van der Waals surface area contributed by atoms with E-state index in [1.807, 2.05) is 13.8 Å². The number of hydrogen-bond acceptors (Lipinski definition) is 4. The highest BCUT2D eigenvalue weighted by Gasteiger charge is 2.12. The molecule has 0 aliphatic rings. The van der Waals surface area contributed by atoms with Crippen molar-refractivity contribution in [1.82, 2.24) is 15.1 Å². The van der Waals surface area contributed by atoms with Crippen molar-refractivity contribution < 1.29 is 13.2 Å². The molecule has 1 heterocycles. The fourth-order valence-corrected chi connectivity index (χ4v) is 2.53. The molecule has 0 aliphatic heterocycles. The molecule has 0 bridgehead atoms. The number of carbonyl (C=O) groups is 1. The molecule has 2 aromatic rings. The molecular weight excluding hydrogens is 304 g/mol. The van der Waals surface area contributed by atoms with E-state index in [-0.39, 0.29) is 17.3 Å². The first-order valence-corrected chi connectivity index (χ1v) is 8.30. The molecule has 8 heteroatoms. The van der Waals surface area contributed by atoms with Gasteiger partial charge < -0.3 is 5.32 Å². The van der Waals surface area contributed by atoms with Crippen LogP contribution in [0.1, 0.15) is 28.7 Å². The van der Waals surface area contributed by atoms with Gasteiger partial charge in [-0.3, -0.25) is 9.48 Å². The molecule has 7 nitrogen and oxygen atoms in total. The maximum Gasteiger partial charge on any atom is 0.272 e. The number of carbonyl (C=O) groups excluding carboxylic acids is 1. The van der Waals surface area contributed by atoms with Gasteiger partial charge in [-0.2, -0.15) is 5.10 Å². The first-order valence-electron chi connectivity index (χ1n) is 6.75. The van der Waals surface area contributed by atoms with E-state index < -0.39 is 10.0 Å². The fraction of sp³-hybridized carbons (Fsp3) is 0.286. The van der Waals surface area contributed by atoms with Crippen molar-refractivity contribution in [2.75, 3.05) is 0 Å². The zero-order valence-electron chi connectivity index (χ0n) is 12.4. The lowest BCUT2D eigenvalue weighted by Crippen LogP contribution is -2.23. The summed E-state index contributed by atoms with van der Waals surface area (Å²) in [6.07, 6.45) is 0. The maximum atomic E-state index is 12.0. The van der Waals surface area contributed by atoms with Gasteiger partial charge in [-0.25, -0.2) is 13.6 Å². The third-order valence-electron chi connectivity index (χ3n) is 3.22. The van der Waals surface area contributed by atoms with Gasteiger partial charge in [0, 0.05) is 18.8 Å². The number of primary sulfonamides is 1. The second-order valence-electron chi connectivity index (χ2n) is 4.86. The Morgan fingerprint density at radius 3 is 2.45 bits per heavy atom. The van der Waals surface area contributed by atoms with Crippen LogP contribution >= 0.6 is 0 Å². The van der Waals surface area contributed by atoms with Gasteiger partial charge in [0.1, 0.15) is 5.69 Å². The number of aromatic nitrogens is 2. The minimum atomic E-state index is -3.70. The molecule has 3 N–H and O–H groups in total. The Labute approximate surface area is 129 Å². The van der Waals surface area contributed by atoms with Gasteiger partial charge >= 0.3 is 0 Å². The third-order valence-corrected chi connectivity index (χ3v) is 4.15. The lowest BCUT2D eigenvalue weighted by molar-refractivity contribution is 0.0945. The van der Waals surface area contributed by atoms with Gasteiger partial charge in [-0.05, 0) is 37.6 Å². The molecule has 1 aromatic heterocycles. The van der Waals surface area contributed by atoms with Crippen molar-refractivity contribution >= 4 is 15.9 Å². The molecule has 0 unspecified atom stereocenters. The lowest BCUT2D eigenvalue weighted by atomic mass is 10.2. The van der Waals surface area contributed by atoms with Gasteiger partial charge in [-0.1, -0.05) is 12.1 Å². The number of aryl methyl sites for hydroxylation is 2. The molecule has 2 rings (SSSR count). The van der Waals surface area contributed by atoms with Crippen LogP contribution in [-0.2, 0) is 23.1 Å². The molecular formula is C14H18N4O3S. The van der Waals surface area contributed by atoms with Crippen LogP contribution in [0.25, 0.3) is 0 Å². The lowest BCUT2D eigenvalue weighted by Gasteiger charge is -2.04. The van der Waals surface area contributed by atoms with Gasteiger partial charge in [0.25, 0.3) is 5.91 Å². The summed E-state index contributed by atoms with van der Waals surface area (Å²) in [7, 11) is -3.70. The monoisotopic (exact) mass is 322 g/mol. The van der Waals surface area contributed by atoms with Crippen molar-refractivity contribution in [2.45, 2.75) is 31.8 Å². The zero-order valence-corrected chi connectivity index (χ0v) is 13.2. The van der Waals surface area contributed by atoms with Crippen molar-refractivity contribution in [3.63, 3.8) is 0 Å². The van der Waals surface area contributed by atoms with E-state index in [9.17, 15) is 13.2 Å². The van der Waals surface area contributed by atoms with Crippen LogP contribution in [0.5, 0.6) is 0 Å². The number of hydrogen-bond donors (Lipinski definition) is 2. The van der Waals surface area contributed by atoms with Crippen molar-refractivity contribution in [3.05, 3.63) is 47.3 Å². The van der Waals surface area contributed by atoms with Gasteiger partial charge in [0.2, 0.25) is 10.0 Å². The Bertz CT molecular complexity index is 779. The Morgan fingerprint density at radius 2 is 1.95 bits per heavy atom. The first kappa shape index (κ1) is 16.2. The standard InChI is InChI=1S/C14H18N4O3S/c1-3-18-10(2)8-13(17-18)14(19)16-9-11-4-6-12(7-5-11)22(15,20)21/h4-8H,3,9H2,1-2H3,(H,16,19)(H2,15,20,21). The van der Waals surface area contributed by atoms with Gasteiger partial charge in [0.15, 0.2) is 0 Å². The van der Waals surface area contributed by atoms with Gasteiger partial charge in [0.05, 0.1) is 4.90 Å². The van der Waals surface area contributed by atoms with Crippen LogP contribution < -0.4 is 10.5 Å². The molecule has 0 atom stereocenters. The van der Waals surface area contributed by atoms with Crippen LogP contribution in [0.4, 0.5) is 0 Å². The summed E-state index contributed by atoms with van der Waals surface area (Å²) in [4.78, 5) is 12.1. The molecule has 1 amide bonds. The number of benzene rings is 1. The second-order valence-corrected chi connectivity index (χ2v) is 6.42. The molecule has 0 spiro atoms. The Balaban J connectivity index is 2.01. The minimum absolute atomic E-state index is 0.0416. The normalized spacial score (nSPS) is 11.4. The summed E-state index contributed by atoms with van der Waals surface area (Å²) in [6, 6.07) is 7.76. The van der Waals surface area contributed by atoms with E-state index >= 15 is 0 Å². The molecule has 118 valence electrons. The maximum absolute atomic E-state index is 12.0. The predicted octanol–water partition coefficient (Wildman–Crippen LogP) is 0.789. The van der Waals surface area contributed by atoms with E-state index in [2.05, 4.69) is 10.4 Å². The number of rotatable bonds is 5. The van der Waals surface area contributed by atoms with Crippen LogP contribution in [0.2, 0.25) is 0 Å². The highest BCUT2D eigenvalue weighted by molar-refractivity contribution is 7.89. The fourth-order valence-electron chi connectivity index (χ4n) is 2.01. The third kappa shape index (κ3) is 3.71. The van der Waals surface area contributed by atoms with Crippen molar-refractivity contribution in [2.24, 2.45) is 5.14 Å². The van der Waals surface area contributed by atoms with Crippen LogP contribution in [-0.4, -0.2) is 24.1 Å². The van der Waals surface area contributed by atoms with Crippen molar-refractivity contribution in [1.29, 1.82) is 0 Å². The summed E-state index contributed by atoms with van der Waals surface area (Å²) >= 11 is 0. The SMILES string of the molecule is CCn1nc(C(=O)NCc2ccc(S(N)(=O)=O)cc2)cc1C. The molecule has 22 heavy (non-hydrogen) atoms. The molecule has 0 radical (unpaired) electrons. The van der Waals surface area contributed by atoms with E-state index in [0.29, 0.717) is 12.2 Å². The summed E-state index contributed by atoms with van der Waals surface area (Å²) in [5.74, 6) is -0.272. The predicted molar refractivity (Wildman–Crippen MR) is 81.6 cm³/mol. The minimum Gasteiger partial charge on any atom is -0.347 e. The molecule has 0 fully saturated rings. The summed E-state index contributed by atoms with van der Waals surface area (Å²) in [6.45, 7) is 4.82. The van der Waals surface area contributed by atoms with Crippen LogP contribution in [0.3, 0.4) is 0 Å². The number of nitrogens with two attached hydrogens (primary N) is 1. The van der Waals surface area contributed by atoms with Gasteiger partial charge in [-0.15, -0.1) is 0 Å². The van der Waals surface area contributed by atoms with Crippen LogP contribution in [0, 0.1) is 6.92 Å². The van der Waals surface area contributed by atoms with Crippen LogP contribution in [0.15, 0.2) is 35.2 Å². The number of amides is 1. The smallest absolute Gasteiger partial charge is 0.272 e. The summed E-state index contributed by atoms with van der Waals surface area (Å²) in [5, 5.41) is 12.0. The zero-order chi connectivity index (χ0) is 16.3. The molecule has 0 saturated carbocycles. The average Bonchev–Trinajstić information content (AvgIpc) is 2.85. The van der Waals surface area contributed by atoms with E-state index in [1.54, 1.807) is 22.9 Å². The number of sulfonamides is 1. The van der Waals surface area contributed by atoms with E-state index in [4.69, 9.17) is 5.14 Å². The quantitative estimate of drug-likeness (QED) is 0.848. The van der Waals surface area contributed by atoms with E-state index in [0.717, 1.165) is 11.3 Å². The largest absolute Gasteiger partial charge is 0.347 e. The summed E-state index contributed by atoms with van der Waals surface area (Å²) in [5.41, 5.74) is 2.05. The highest BCUT2D eigenvalue weighted by Crippen LogP contribution is 2.09. The Morgan fingerprint density at radius 1 is 1.32 bits per heavy atom. The highest BCUT2D eigenvalue weighted by atomic mass is 32.2. The van der Waals surface area contributed by atoms with Crippen molar-refractivity contribution in [3.8, 4) is 0 Å². The average molecular weight is 322 g/mol. The Kier molecular flexibility index (Phi) is 4.62. The Hall–Kier alpha value is -2.19.